The SMILES string of the molecule is CS(=O)(=O)c1cccc(C(=O)N2C(C(N)=O)CC3CC32[C@@H](c2ccc(C(F)(F)F)cc2F)C2CCC2)c1. The Morgan fingerprint density at radius 3 is 2.38 bits per heavy atom. The summed E-state index contributed by atoms with van der Waals surface area (Å²) in [5, 5.41) is 0. The fraction of sp³-hybridized carbons (Fsp3) is 0.462. The maximum absolute atomic E-state index is 15.3. The lowest BCUT2D eigenvalue weighted by molar-refractivity contribution is -0.137. The molecule has 1 saturated heterocycles. The van der Waals surface area contributed by atoms with Crippen LogP contribution in [0.3, 0.4) is 0 Å². The van der Waals surface area contributed by atoms with Gasteiger partial charge in [-0.1, -0.05) is 18.6 Å². The van der Waals surface area contributed by atoms with Gasteiger partial charge in [0.1, 0.15) is 11.9 Å². The molecule has 4 atom stereocenters. The number of rotatable bonds is 6. The van der Waals surface area contributed by atoms with Gasteiger partial charge in [-0.05, 0) is 73.4 Å². The maximum Gasteiger partial charge on any atom is 0.416 e. The second-order valence-corrected chi connectivity index (χ2v) is 12.4. The van der Waals surface area contributed by atoms with Crippen LogP contribution in [0.1, 0.15) is 59.5 Å². The van der Waals surface area contributed by atoms with Gasteiger partial charge in [-0.2, -0.15) is 13.2 Å². The van der Waals surface area contributed by atoms with E-state index in [0.29, 0.717) is 25.3 Å². The number of primary amides is 1. The highest BCUT2D eigenvalue weighted by atomic mass is 32.2. The summed E-state index contributed by atoms with van der Waals surface area (Å²) in [6.07, 6.45) is -0.680. The topological polar surface area (TPSA) is 97.5 Å². The minimum absolute atomic E-state index is 0.0429. The van der Waals surface area contributed by atoms with Gasteiger partial charge in [0.2, 0.25) is 5.91 Å². The number of benzene rings is 2. The quantitative estimate of drug-likeness (QED) is 0.555. The monoisotopic (exact) mass is 538 g/mol. The summed E-state index contributed by atoms with van der Waals surface area (Å²) in [7, 11) is -3.62. The maximum atomic E-state index is 15.3. The Morgan fingerprint density at radius 2 is 1.84 bits per heavy atom. The minimum atomic E-state index is -4.71. The molecule has 37 heavy (non-hydrogen) atoms. The average molecular weight is 539 g/mol. The number of nitrogens with two attached hydrogens (primary N) is 1. The Balaban J connectivity index is 1.62. The van der Waals surface area contributed by atoms with Gasteiger partial charge in [0, 0.05) is 17.7 Å². The fourth-order valence-corrected chi connectivity index (χ4v) is 7.01. The third-order valence-electron chi connectivity index (χ3n) is 8.27. The molecule has 0 radical (unpaired) electrons. The highest BCUT2D eigenvalue weighted by molar-refractivity contribution is 7.90. The molecule has 2 aromatic rings. The van der Waals surface area contributed by atoms with Crippen LogP contribution in [0.5, 0.6) is 0 Å². The van der Waals surface area contributed by atoms with Crippen molar-refractivity contribution in [1.82, 2.24) is 4.90 Å². The molecule has 2 N–H and O–H groups in total. The molecule has 3 unspecified atom stereocenters. The number of alkyl halides is 3. The van der Waals surface area contributed by atoms with E-state index < -0.39 is 56.7 Å². The van der Waals surface area contributed by atoms with E-state index in [1.54, 1.807) is 0 Å². The molecule has 2 saturated carbocycles. The highest BCUT2D eigenvalue weighted by Gasteiger charge is 2.72. The van der Waals surface area contributed by atoms with Crippen LogP contribution < -0.4 is 5.73 Å². The molecule has 0 spiro atoms. The van der Waals surface area contributed by atoms with E-state index in [0.717, 1.165) is 24.8 Å². The van der Waals surface area contributed by atoms with Crippen LogP contribution in [-0.4, -0.2) is 43.0 Å². The normalized spacial score (nSPS) is 26.4. The standard InChI is InChI=1S/C26H26F4N2O4S/c1-37(35,36)18-7-3-6-15(10-18)24(34)32-21(23(31)33)12-17-13-25(17,32)22(14-4-2-5-14)19-9-8-16(11-20(19)27)26(28,29)30/h3,6-11,14,17,21-22H,2,4-5,12-13H2,1H3,(H2,31,33)/t17?,21?,22-,25?/m1/s1. The summed E-state index contributed by atoms with van der Waals surface area (Å²) in [5.41, 5.74) is 3.71. The number of hydrogen-bond acceptors (Lipinski definition) is 4. The summed E-state index contributed by atoms with van der Waals surface area (Å²) in [6, 6.07) is 6.94. The van der Waals surface area contributed by atoms with Crippen LogP contribution in [0.15, 0.2) is 47.4 Å². The number of carbonyl (C=O) groups is 2. The first-order valence-electron chi connectivity index (χ1n) is 12.0. The van der Waals surface area contributed by atoms with Crippen molar-refractivity contribution in [1.29, 1.82) is 0 Å². The molecule has 3 fully saturated rings. The summed E-state index contributed by atoms with van der Waals surface area (Å²) < 4.78 is 79.1. The largest absolute Gasteiger partial charge is 0.416 e. The zero-order valence-electron chi connectivity index (χ0n) is 20.0. The third-order valence-corrected chi connectivity index (χ3v) is 9.38. The van der Waals surface area contributed by atoms with Crippen LogP contribution in [0.2, 0.25) is 0 Å². The van der Waals surface area contributed by atoms with Crippen LogP contribution >= 0.6 is 0 Å². The smallest absolute Gasteiger partial charge is 0.368 e. The van der Waals surface area contributed by atoms with Crippen molar-refractivity contribution >= 4 is 21.7 Å². The number of carbonyl (C=O) groups excluding carboxylic acids is 2. The zero-order chi connectivity index (χ0) is 26.9. The van der Waals surface area contributed by atoms with Gasteiger partial charge in [0.15, 0.2) is 9.84 Å². The van der Waals surface area contributed by atoms with Gasteiger partial charge in [-0.25, -0.2) is 12.8 Å². The van der Waals surface area contributed by atoms with Crippen molar-refractivity contribution in [3.8, 4) is 0 Å². The Labute approximate surface area is 211 Å². The predicted octanol–water partition coefficient (Wildman–Crippen LogP) is 4.29. The zero-order valence-corrected chi connectivity index (χ0v) is 20.8. The lowest BCUT2D eigenvalue weighted by atomic mass is 9.67. The summed E-state index contributed by atoms with van der Waals surface area (Å²) in [6.45, 7) is 0. The van der Waals surface area contributed by atoms with Crippen LogP contribution in [0, 0.1) is 17.7 Å². The van der Waals surface area contributed by atoms with Crippen LogP contribution in [0.25, 0.3) is 0 Å². The molecular weight excluding hydrogens is 512 g/mol. The molecular formula is C26H26F4N2O4S. The van der Waals surface area contributed by atoms with Crippen molar-refractivity contribution in [3.05, 3.63) is 65.0 Å². The number of piperidine rings is 1. The molecule has 6 nitrogen and oxygen atoms in total. The fourth-order valence-electron chi connectivity index (χ4n) is 6.35. The van der Waals surface area contributed by atoms with Crippen LogP contribution in [0.4, 0.5) is 17.6 Å². The third kappa shape index (κ3) is 4.20. The number of sulfone groups is 1. The molecule has 5 rings (SSSR count). The summed E-state index contributed by atoms with van der Waals surface area (Å²) >= 11 is 0. The Bertz CT molecular complexity index is 1390. The van der Waals surface area contributed by atoms with Gasteiger partial charge >= 0.3 is 6.18 Å². The number of amides is 2. The van der Waals surface area contributed by atoms with E-state index in [2.05, 4.69) is 0 Å². The van der Waals surface area contributed by atoms with E-state index in [4.69, 9.17) is 5.73 Å². The van der Waals surface area contributed by atoms with Gasteiger partial charge in [-0.3, -0.25) is 9.59 Å². The minimum Gasteiger partial charge on any atom is -0.368 e. The second kappa shape index (κ2) is 8.54. The molecule has 11 heteroatoms. The molecule has 2 aromatic carbocycles. The molecule has 1 heterocycles. The Morgan fingerprint density at radius 1 is 1.14 bits per heavy atom. The molecule has 2 aliphatic carbocycles. The number of hydrogen-bond donors (Lipinski definition) is 1. The summed E-state index contributed by atoms with van der Waals surface area (Å²) in [4.78, 5) is 27.7. The lowest BCUT2D eigenvalue weighted by Gasteiger charge is -2.44. The Hall–Kier alpha value is -2.95. The summed E-state index contributed by atoms with van der Waals surface area (Å²) in [5.74, 6) is -3.23. The van der Waals surface area contributed by atoms with E-state index in [-0.39, 0.29) is 34.3 Å². The average Bonchev–Trinajstić information content (AvgIpc) is 3.39. The van der Waals surface area contributed by atoms with Crippen molar-refractivity contribution < 1.29 is 35.6 Å². The Kier molecular flexibility index (Phi) is 5.93. The predicted molar refractivity (Wildman–Crippen MR) is 126 cm³/mol. The first kappa shape index (κ1) is 25.7. The molecule has 0 aromatic heterocycles. The number of halogens is 4. The number of nitrogens with zero attached hydrogens (tertiary/aromatic N) is 1. The number of likely N-dealkylation sites (tertiary alicyclic amines) is 1. The second-order valence-electron chi connectivity index (χ2n) is 10.4. The van der Waals surface area contributed by atoms with Gasteiger partial charge < -0.3 is 10.6 Å². The van der Waals surface area contributed by atoms with Crippen molar-refractivity contribution in [2.45, 2.75) is 60.7 Å². The molecule has 198 valence electrons. The first-order chi connectivity index (χ1) is 17.2. The van der Waals surface area contributed by atoms with Gasteiger partial charge in [0.05, 0.1) is 16.0 Å². The van der Waals surface area contributed by atoms with E-state index in [9.17, 15) is 31.2 Å². The van der Waals surface area contributed by atoms with E-state index in [1.165, 1.54) is 29.2 Å². The van der Waals surface area contributed by atoms with E-state index in [1.807, 2.05) is 0 Å². The first-order valence-corrected chi connectivity index (χ1v) is 13.9. The van der Waals surface area contributed by atoms with Gasteiger partial charge in [-0.15, -0.1) is 0 Å². The molecule has 1 aliphatic heterocycles. The van der Waals surface area contributed by atoms with Crippen molar-refractivity contribution in [2.75, 3.05) is 6.26 Å². The molecule has 2 amide bonds. The van der Waals surface area contributed by atoms with Crippen molar-refractivity contribution in [2.24, 2.45) is 17.6 Å². The number of fused-ring (bicyclic) bond motifs is 1. The highest BCUT2D eigenvalue weighted by Crippen LogP contribution is 2.68. The van der Waals surface area contributed by atoms with Gasteiger partial charge in [0.25, 0.3) is 5.91 Å². The van der Waals surface area contributed by atoms with Crippen molar-refractivity contribution in [3.63, 3.8) is 0 Å². The van der Waals surface area contributed by atoms with E-state index >= 15 is 4.39 Å². The molecule has 3 aliphatic rings. The molecule has 0 bridgehead atoms. The lowest BCUT2D eigenvalue weighted by Crippen LogP contribution is -2.54. The van der Waals surface area contributed by atoms with Crippen LogP contribution in [-0.2, 0) is 20.8 Å².